The van der Waals surface area contributed by atoms with Crippen LogP contribution in [0.2, 0.25) is 0 Å². The van der Waals surface area contributed by atoms with Crippen molar-refractivity contribution in [2.24, 2.45) is 0 Å². The summed E-state index contributed by atoms with van der Waals surface area (Å²) in [6, 6.07) is 5.70. The maximum absolute atomic E-state index is 12.1. The normalized spacial score (nSPS) is 17.3. The van der Waals surface area contributed by atoms with Crippen LogP contribution >= 0.6 is 0 Å². The van der Waals surface area contributed by atoms with Crippen LogP contribution in [0, 0.1) is 0 Å². The van der Waals surface area contributed by atoms with Crippen LogP contribution in [-0.2, 0) is 0 Å². The van der Waals surface area contributed by atoms with Crippen molar-refractivity contribution < 1.29 is 4.79 Å². The Labute approximate surface area is 128 Å². The Kier molecular flexibility index (Phi) is 4.18. The van der Waals surface area contributed by atoms with Gasteiger partial charge in [0.2, 0.25) is 0 Å². The highest BCUT2D eigenvalue weighted by Crippen LogP contribution is 2.19. The van der Waals surface area contributed by atoms with Gasteiger partial charge in [0, 0.05) is 6.04 Å². The first-order valence-corrected chi connectivity index (χ1v) is 7.91. The standard InChI is InChI=1S/C16H22N4O2/c1-10(17-15(21)18-12-5-3-2-4-6-12)11-7-8-13-14(9-11)20-16(22)19-13/h7-10,12H,2-6H2,1H3,(H2,17,18,21)(H2,19,20,22)/t10-/m0/s1. The molecule has 3 rings (SSSR count). The summed E-state index contributed by atoms with van der Waals surface area (Å²) in [5, 5.41) is 6.01. The summed E-state index contributed by atoms with van der Waals surface area (Å²) >= 11 is 0. The molecule has 2 amide bonds. The van der Waals surface area contributed by atoms with Crippen molar-refractivity contribution in [1.82, 2.24) is 20.6 Å². The SMILES string of the molecule is C[C@H](NC(=O)NC1CCCCC1)c1ccc2[nH]c(=O)[nH]c2c1. The van der Waals surface area contributed by atoms with E-state index in [1.807, 2.05) is 25.1 Å². The van der Waals surface area contributed by atoms with Gasteiger partial charge in [0.05, 0.1) is 17.1 Å². The van der Waals surface area contributed by atoms with Gasteiger partial charge >= 0.3 is 11.7 Å². The van der Waals surface area contributed by atoms with Gasteiger partial charge in [-0.2, -0.15) is 0 Å². The molecule has 6 nitrogen and oxygen atoms in total. The molecule has 0 aliphatic heterocycles. The number of fused-ring (bicyclic) bond motifs is 1. The second kappa shape index (κ2) is 6.25. The lowest BCUT2D eigenvalue weighted by atomic mass is 9.96. The quantitative estimate of drug-likeness (QED) is 0.702. The number of imidazole rings is 1. The predicted octanol–water partition coefficient (Wildman–Crippen LogP) is 2.55. The van der Waals surface area contributed by atoms with E-state index in [9.17, 15) is 9.59 Å². The number of rotatable bonds is 3. The minimum atomic E-state index is -0.220. The van der Waals surface area contributed by atoms with Gasteiger partial charge in [-0.1, -0.05) is 25.3 Å². The van der Waals surface area contributed by atoms with Crippen LogP contribution < -0.4 is 16.3 Å². The summed E-state index contributed by atoms with van der Waals surface area (Å²) in [4.78, 5) is 28.8. The van der Waals surface area contributed by atoms with Crippen molar-refractivity contribution >= 4 is 17.1 Å². The number of amides is 2. The molecular weight excluding hydrogens is 280 g/mol. The topological polar surface area (TPSA) is 89.8 Å². The fraction of sp³-hybridized carbons (Fsp3) is 0.500. The summed E-state index contributed by atoms with van der Waals surface area (Å²) in [5.74, 6) is 0. The lowest BCUT2D eigenvalue weighted by Gasteiger charge is -2.24. The summed E-state index contributed by atoms with van der Waals surface area (Å²) in [6.45, 7) is 1.94. The first kappa shape index (κ1) is 14.7. The van der Waals surface area contributed by atoms with E-state index in [2.05, 4.69) is 20.6 Å². The highest BCUT2D eigenvalue weighted by atomic mass is 16.2. The highest BCUT2D eigenvalue weighted by molar-refractivity contribution is 5.77. The summed E-state index contributed by atoms with van der Waals surface area (Å²) in [7, 11) is 0. The third-order valence-corrected chi connectivity index (χ3v) is 4.33. The van der Waals surface area contributed by atoms with Crippen molar-refractivity contribution in [1.29, 1.82) is 0 Å². The Bertz CT molecular complexity index is 712. The molecule has 4 N–H and O–H groups in total. The van der Waals surface area contributed by atoms with E-state index in [1.54, 1.807) is 0 Å². The number of carbonyl (C=O) groups excluding carboxylic acids is 1. The average Bonchev–Trinajstić information content (AvgIpc) is 2.87. The molecular formula is C16H22N4O2. The zero-order chi connectivity index (χ0) is 15.5. The van der Waals surface area contributed by atoms with Gasteiger partial charge in [0.1, 0.15) is 0 Å². The molecule has 1 aromatic heterocycles. The lowest BCUT2D eigenvalue weighted by molar-refractivity contribution is 0.229. The monoisotopic (exact) mass is 302 g/mol. The zero-order valence-electron chi connectivity index (χ0n) is 12.7. The zero-order valence-corrected chi connectivity index (χ0v) is 12.7. The van der Waals surface area contributed by atoms with E-state index in [4.69, 9.17) is 0 Å². The molecule has 0 spiro atoms. The lowest BCUT2D eigenvalue weighted by Crippen LogP contribution is -2.43. The third kappa shape index (κ3) is 3.32. The first-order chi connectivity index (χ1) is 10.6. The number of H-pyrrole nitrogens is 2. The number of aromatic amines is 2. The highest BCUT2D eigenvalue weighted by Gasteiger charge is 2.17. The van der Waals surface area contributed by atoms with Crippen LogP contribution in [0.4, 0.5) is 4.79 Å². The van der Waals surface area contributed by atoms with Crippen LogP contribution in [0.5, 0.6) is 0 Å². The molecule has 1 aliphatic carbocycles. The Morgan fingerprint density at radius 3 is 2.68 bits per heavy atom. The van der Waals surface area contributed by atoms with E-state index < -0.39 is 0 Å². The van der Waals surface area contributed by atoms with Crippen LogP contribution in [0.25, 0.3) is 11.0 Å². The second-order valence-corrected chi connectivity index (χ2v) is 6.06. The number of hydrogen-bond acceptors (Lipinski definition) is 2. The predicted molar refractivity (Wildman–Crippen MR) is 85.9 cm³/mol. The minimum Gasteiger partial charge on any atom is -0.335 e. The molecule has 2 aromatic rings. The number of urea groups is 1. The largest absolute Gasteiger partial charge is 0.335 e. The van der Waals surface area contributed by atoms with Crippen LogP contribution in [0.3, 0.4) is 0 Å². The smallest absolute Gasteiger partial charge is 0.323 e. The van der Waals surface area contributed by atoms with Gasteiger partial charge in [0.15, 0.2) is 0 Å². The molecule has 1 aliphatic rings. The molecule has 1 fully saturated rings. The van der Waals surface area contributed by atoms with E-state index in [-0.39, 0.29) is 17.8 Å². The average molecular weight is 302 g/mol. The maximum atomic E-state index is 12.1. The van der Waals surface area contributed by atoms with Crippen molar-refractivity contribution in [2.45, 2.75) is 51.1 Å². The molecule has 0 bridgehead atoms. The van der Waals surface area contributed by atoms with Gasteiger partial charge < -0.3 is 20.6 Å². The third-order valence-electron chi connectivity index (χ3n) is 4.33. The van der Waals surface area contributed by atoms with Crippen molar-refractivity contribution in [3.8, 4) is 0 Å². The molecule has 6 heteroatoms. The van der Waals surface area contributed by atoms with Gasteiger partial charge in [-0.3, -0.25) is 0 Å². The fourth-order valence-corrected chi connectivity index (χ4v) is 3.07. The van der Waals surface area contributed by atoms with E-state index >= 15 is 0 Å². The number of aromatic nitrogens is 2. The molecule has 1 heterocycles. The molecule has 118 valence electrons. The number of hydrogen-bond donors (Lipinski definition) is 4. The number of benzene rings is 1. The Morgan fingerprint density at radius 2 is 1.91 bits per heavy atom. The van der Waals surface area contributed by atoms with Crippen molar-refractivity contribution in [3.63, 3.8) is 0 Å². The molecule has 0 radical (unpaired) electrons. The van der Waals surface area contributed by atoms with Crippen LogP contribution in [-0.4, -0.2) is 22.0 Å². The molecule has 0 saturated heterocycles. The van der Waals surface area contributed by atoms with Crippen LogP contribution in [0.15, 0.2) is 23.0 Å². The summed E-state index contributed by atoms with van der Waals surface area (Å²) in [5.41, 5.74) is 2.26. The number of nitrogens with one attached hydrogen (secondary N) is 4. The van der Waals surface area contributed by atoms with E-state index in [1.165, 1.54) is 19.3 Å². The Morgan fingerprint density at radius 1 is 1.18 bits per heavy atom. The van der Waals surface area contributed by atoms with Crippen molar-refractivity contribution in [3.05, 3.63) is 34.2 Å². The van der Waals surface area contributed by atoms with Crippen LogP contribution in [0.1, 0.15) is 50.6 Å². The van der Waals surface area contributed by atoms with Gasteiger partial charge in [-0.05, 0) is 37.5 Å². The summed E-state index contributed by atoms with van der Waals surface area (Å²) < 4.78 is 0. The Hall–Kier alpha value is -2.24. The van der Waals surface area contributed by atoms with Gasteiger partial charge in [-0.25, -0.2) is 9.59 Å². The van der Waals surface area contributed by atoms with Crippen molar-refractivity contribution in [2.75, 3.05) is 0 Å². The molecule has 1 saturated carbocycles. The minimum absolute atomic E-state index is 0.119. The van der Waals surface area contributed by atoms with Gasteiger partial charge in [-0.15, -0.1) is 0 Å². The number of carbonyl (C=O) groups is 1. The summed E-state index contributed by atoms with van der Waals surface area (Å²) in [6.07, 6.45) is 5.79. The van der Waals surface area contributed by atoms with Gasteiger partial charge in [0.25, 0.3) is 0 Å². The van der Waals surface area contributed by atoms with E-state index in [0.29, 0.717) is 6.04 Å². The maximum Gasteiger partial charge on any atom is 0.323 e. The first-order valence-electron chi connectivity index (χ1n) is 7.91. The molecule has 22 heavy (non-hydrogen) atoms. The molecule has 1 atom stereocenters. The molecule has 1 aromatic carbocycles. The second-order valence-electron chi connectivity index (χ2n) is 6.06. The fourth-order valence-electron chi connectivity index (χ4n) is 3.07. The Balaban J connectivity index is 1.62. The van der Waals surface area contributed by atoms with E-state index in [0.717, 1.165) is 29.4 Å². The molecule has 0 unspecified atom stereocenters.